The number of carbonyl (C=O) groups excluding carboxylic acids is 3. The molecule has 1 aromatic rings. The lowest BCUT2D eigenvalue weighted by Crippen LogP contribution is -2.57. The second kappa shape index (κ2) is 7.10. The smallest absolute Gasteiger partial charge is 0.329 e. The van der Waals surface area contributed by atoms with Crippen molar-refractivity contribution in [2.24, 2.45) is 23.2 Å². The van der Waals surface area contributed by atoms with E-state index >= 15 is 0 Å². The van der Waals surface area contributed by atoms with Gasteiger partial charge in [-0.2, -0.15) is 0 Å². The van der Waals surface area contributed by atoms with Crippen molar-refractivity contribution in [2.45, 2.75) is 58.2 Å². The highest BCUT2D eigenvalue weighted by atomic mass is 16.5. The zero-order valence-electron chi connectivity index (χ0n) is 17.8. The summed E-state index contributed by atoms with van der Waals surface area (Å²) in [5.41, 5.74) is 0.887. The first-order valence-electron chi connectivity index (χ1n) is 11.2. The summed E-state index contributed by atoms with van der Waals surface area (Å²) in [5, 5.41) is 0. The third-order valence-corrected chi connectivity index (χ3v) is 7.61. The van der Waals surface area contributed by atoms with Crippen molar-refractivity contribution in [3.63, 3.8) is 0 Å². The summed E-state index contributed by atoms with van der Waals surface area (Å²) in [4.78, 5) is 42.9. The number of piperidine rings is 1. The van der Waals surface area contributed by atoms with E-state index < -0.39 is 6.04 Å². The Bertz CT molecular complexity index is 861. The molecule has 6 nitrogen and oxygen atoms in total. The molecule has 3 atom stereocenters. The van der Waals surface area contributed by atoms with Crippen LogP contribution in [0, 0.1) is 23.2 Å². The Kier molecular flexibility index (Phi) is 4.64. The van der Waals surface area contributed by atoms with Gasteiger partial charge in [0.05, 0.1) is 11.3 Å². The summed E-state index contributed by atoms with van der Waals surface area (Å²) in [6.45, 7) is 5.30. The quantitative estimate of drug-likeness (QED) is 0.676. The first-order chi connectivity index (χ1) is 14.4. The molecule has 2 saturated carbocycles. The first kappa shape index (κ1) is 19.6. The van der Waals surface area contributed by atoms with Crippen molar-refractivity contribution >= 4 is 17.8 Å². The molecular weight excluding hydrogens is 380 g/mol. The molecule has 2 aliphatic carbocycles. The van der Waals surface area contributed by atoms with Gasteiger partial charge < -0.3 is 14.5 Å². The van der Waals surface area contributed by atoms with Crippen LogP contribution < -0.4 is 0 Å². The molecule has 2 unspecified atom stereocenters. The first-order valence-corrected chi connectivity index (χ1v) is 11.2. The minimum absolute atomic E-state index is 0.00521. The molecule has 5 rings (SSSR count). The van der Waals surface area contributed by atoms with Gasteiger partial charge in [0, 0.05) is 19.1 Å². The molecule has 4 aliphatic rings. The maximum atomic E-state index is 13.4. The number of carbonyl (C=O) groups is 3. The average Bonchev–Trinajstić information content (AvgIpc) is 3.56. The zero-order valence-corrected chi connectivity index (χ0v) is 17.8. The highest BCUT2D eigenvalue weighted by Crippen LogP contribution is 2.76. The van der Waals surface area contributed by atoms with Crippen LogP contribution in [0.2, 0.25) is 0 Å². The van der Waals surface area contributed by atoms with Gasteiger partial charge in [-0.05, 0) is 43.1 Å². The Morgan fingerprint density at radius 2 is 1.83 bits per heavy atom. The molecule has 0 bridgehead atoms. The van der Waals surface area contributed by atoms with Gasteiger partial charge in [0.1, 0.15) is 12.6 Å². The number of benzene rings is 1. The maximum absolute atomic E-state index is 13.4. The maximum Gasteiger partial charge on any atom is 0.329 e. The summed E-state index contributed by atoms with van der Waals surface area (Å²) in [7, 11) is 0. The van der Waals surface area contributed by atoms with E-state index in [1.165, 1.54) is 0 Å². The highest BCUT2D eigenvalue weighted by Gasteiger charge is 2.76. The van der Waals surface area contributed by atoms with Gasteiger partial charge in [0.25, 0.3) is 0 Å². The number of rotatable bonds is 6. The Morgan fingerprint density at radius 3 is 2.47 bits per heavy atom. The molecule has 0 N–H and O–H groups in total. The lowest BCUT2D eigenvalue weighted by atomic mass is 9.89. The van der Waals surface area contributed by atoms with Gasteiger partial charge in [-0.25, -0.2) is 4.79 Å². The molecule has 2 saturated heterocycles. The monoisotopic (exact) mass is 410 g/mol. The number of hydrogen-bond acceptors (Lipinski definition) is 4. The van der Waals surface area contributed by atoms with Crippen molar-refractivity contribution in [3.05, 3.63) is 35.9 Å². The van der Waals surface area contributed by atoms with Crippen LogP contribution in [0.5, 0.6) is 0 Å². The summed E-state index contributed by atoms with van der Waals surface area (Å²) in [6.07, 6.45) is 3.54. The van der Waals surface area contributed by atoms with E-state index in [0.29, 0.717) is 25.4 Å². The third kappa shape index (κ3) is 3.12. The minimum Gasteiger partial charge on any atom is -0.459 e. The van der Waals surface area contributed by atoms with Gasteiger partial charge >= 0.3 is 5.97 Å². The average molecular weight is 411 g/mol. The van der Waals surface area contributed by atoms with E-state index in [4.69, 9.17) is 4.74 Å². The van der Waals surface area contributed by atoms with Crippen LogP contribution in [-0.2, 0) is 25.7 Å². The number of hydrogen-bond donors (Lipinski definition) is 0. The van der Waals surface area contributed by atoms with Crippen molar-refractivity contribution in [2.75, 3.05) is 13.1 Å². The predicted octanol–water partition coefficient (Wildman–Crippen LogP) is 2.61. The van der Waals surface area contributed by atoms with Crippen molar-refractivity contribution in [1.82, 2.24) is 9.80 Å². The fraction of sp³-hybridized carbons (Fsp3) is 0.625. The third-order valence-electron chi connectivity index (χ3n) is 7.61. The summed E-state index contributed by atoms with van der Waals surface area (Å²) in [5.74, 6) is 0.346. The molecule has 4 fully saturated rings. The largest absolute Gasteiger partial charge is 0.459 e. The van der Waals surface area contributed by atoms with Crippen molar-refractivity contribution < 1.29 is 19.1 Å². The molecule has 160 valence electrons. The number of nitrogens with zero attached hydrogens (tertiary/aromatic N) is 2. The van der Waals surface area contributed by atoms with E-state index in [0.717, 1.165) is 24.8 Å². The lowest BCUT2D eigenvalue weighted by Gasteiger charge is -2.41. The molecule has 2 amide bonds. The second-order valence-corrected chi connectivity index (χ2v) is 9.82. The Morgan fingerprint density at radius 1 is 1.13 bits per heavy atom. The number of ether oxygens (including phenoxy) is 1. The molecule has 2 aliphatic heterocycles. The van der Waals surface area contributed by atoms with E-state index in [1.54, 1.807) is 4.90 Å². The minimum atomic E-state index is -0.582. The predicted molar refractivity (Wildman–Crippen MR) is 110 cm³/mol. The molecule has 30 heavy (non-hydrogen) atoms. The molecule has 6 heteroatoms. The van der Waals surface area contributed by atoms with Crippen LogP contribution in [0.25, 0.3) is 0 Å². The second-order valence-electron chi connectivity index (χ2n) is 9.82. The van der Waals surface area contributed by atoms with Crippen molar-refractivity contribution in [3.8, 4) is 0 Å². The van der Waals surface area contributed by atoms with Crippen LogP contribution in [-0.4, -0.2) is 52.8 Å². The molecule has 1 aromatic carbocycles. The fourth-order valence-electron chi connectivity index (χ4n) is 5.53. The van der Waals surface area contributed by atoms with Gasteiger partial charge in [0.2, 0.25) is 11.8 Å². The Hall–Kier alpha value is -2.37. The molecule has 0 aromatic heterocycles. The van der Waals surface area contributed by atoms with E-state index in [1.807, 2.05) is 49.1 Å². The normalized spacial score (nSPS) is 32.5. The molecule has 0 spiro atoms. The standard InChI is InChI=1S/C24H30N2O4/c1-15(2)20(22(28)30-14-16-6-4-3-5-7-16)26-11-9-19-18(21(26)27)8-10-25(19)23(29)24-12-17(24)13-24/h3-7,15,17-20H,8-14H2,1-2H3/t17?,18?,19?,20-,24?/m0/s1. The van der Waals surface area contributed by atoms with Gasteiger partial charge in [-0.3, -0.25) is 9.59 Å². The number of esters is 1. The summed E-state index contributed by atoms with van der Waals surface area (Å²) in [6, 6.07) is 9.01. The Balaban J connectivity index is 1.25. The van der Waals surface area contributed by atoms with E-state index in [9.17, 15) is 14.4 Å². The summed E-state index contributed by atoms with van der Waals surface area (Å²) < 4.78 is 5.58. The van der Waals surface area contributed by atoms with Crippen LogP contribution in [0.15, 0.2) is 30.3 Å². The lowest BCUT2D eigenvalue weighted by molar-refractivity contribution is -0.162. The molecular formula is C24H30N2O4. The Labute approximate surface area is 177 Å². The van der Waals surface area contributed by atoms with E-state index in [2.05, 4.69) is 0 Å². The van der Waals surface area contributed by atoms with Crippen LogP contribution >= 0.6 is 0 Å². The topological polar surface area (TPSA) is 66.9 Å². The van der Waals surface area contributed by atoms with Crippen LogP contribution in [0.3, 0.4) is 0 Å². The summed E-state index contributed by atoms with van der Waals surface area (Å²) >= 11 is 0. The molecule has 0 radical (unpaired) electrons. The molecule has 2 heterocycles. The van der Waals surface area contributed by atoms with Gasteiger partial charge in [0.15, 0.2) is 0 Å². The van der Waals surface area contributed by atoms with Crippen LogP contribution in [0.1, 0.15) is 45.1 Å². The fourth-order valence-corrected chi connectivity index (χ4v) is 5.53. The SMILES string of the molecule is CC(C)[C@@H](C(=O)OCc1ccccc1)N1CCC2C(CCN2C(=O)C23CC2C3)C1=O. The number of amides is 2. The van der Waals surface area contributed by atoms with Gasteiger partial charge in [-0.1, -0.05) is 44.2 Å². The number of fused-ring (bicyclic) bond motifs is 2. The number of likely N-dealkylation sites (tertiary alicyclic amines) is 2. The van der Waals surface area contributed by atoms with Gasteiger partial charge in [-0.15, -0.1) is 0 Å². The zero-order chi connectivity index (χ0) is 21.0. The van der Waals surface area contributed by atoms with E-state index in [-0.39, 0.29) is 47.7 Å². The van der Waals surface area contributed by atoms with Crippen LogP contribution in [0.4, 0.5) is 0 Å². The highest BCUT2D eigenvalue weighted by molar-refractivity contribution is 5.92. The van der Waals surface area contributed by atoms with Crippen molar-refractivity contribution in [1.29, 1.82) is 0 Å².